The van der Waals surface area contributed by atoms with Gasteiger partial charge in [0.25, 0.3) is 5.56 Å². The van der Waals surface area contributed by atoms with Crippen molar-refractivity contribution >= 4 is 28.7 Å². The number of allylic oxidation sites excluding steroid dienone is 2. The van der Waals surface area contributed by atoms with E-state index in [4.69, 9.17) is 11.6 Å². The van der Waals surface area contributed by atoms with Crippen molar-refractivity contribution in [2.45, 2.75) is 33.2 Å². The lowest BCUT2D eigenvalue weighted by molar-refractivity contribution is 0.439. The lowest BCUT2D eigenvalue weighted by Crippen LogP contribution is -2.36. The molecule has 1 aliphatic heterocycles. The second-order valence-electron chi connectivity index (χ2n) is 6.50. The number of nitrogens with one attached hydrogen (secondary N) is 1. The third kappa shape index (κ3) is 3.00. The molecule has 1 saturated heterocycles. The Bertz CT molecular complexity index is 904. The van der Waals surface area contributed by atoms with Crippen molar-refractivity contribution in [1.82, 2.24) is 19.1 Å². The minimum Gasteiger partial charge on any atom is -0.342 e. The van der Waals surface area contributed by atoms with Gasteiger partial charge in [0.1, 0.15) is 0 Å². The number of aryl methyl sites for hydroxylation is 1. The fraction of sp³-hybridized carbons (Fsp3) is 0.562. The van der Waals surface area contributed by atoms with E-state index in [1.165, 1.54) is 11.0 Å². The van der Waals surface area contributed by atoms with Crippen LogP contribution in [0.25, 0.3) is 11.2 Å². The third-order valence-corrected chi connectivity index (χ3v) is 4.64. The number of fused-ring (bicyclic) bond motifs is 1. The molecule has 1 unspecified atom stereocenters. The van der Waals surface area contributed by atoms with Gasteiger partial charge in [0.2, 0.25) is 5.95 Å². The first-order valence-electron chi connectivity index (χ1n) is 8.15. The summed E-state index contributed by atoms with van der Waals surface area (Å²) in [6.07, 6.45) is 4.12. The largest absolute Gasteiger partial charge is 0.342 e. The Labute approximate surface area is 144 Å². The van der Waals surface area contributed by atoms with Crippen LogP contribution >= 0.6 is 11.6 Å². The molecule has 0 radical (unpaired) electrons. The maximum atomic E-state index is 12.4. The van der Waals surface area contributed by atoms with Crippen molar-refractivity contribution < 1.29 is 0 Å². The Morgan fingerprint density at radius 3 is 2.88 bits per heavy atom. The molecule has 0 aromatic carbocycles. The molecule has 1 aliphatic rings. The second kappa shape index (κ2) is 6.47. The smallest absolute Gasteiger partial charge is 0.329 e. The first kappa shape index (κ1) is 16.8. The van der Waals surface area contributed by atoms with Gasteiger partial charge in [-0.1, -0.05) is 24.6 Å². The van der Waals surface area contributed by atoms with Crippen LogP contribution in [-0.4, -0.2) is 32.2 Å². The predicted molar refractivity (Wildman–Crippen MR) is 95.8 cm³/mol. The molecule has 0 spiro atoms. The third-order valence-electron chi connectivity index (χ3n) is 4.48. The van der Waals surface area contributed by atoms with E-state index in [-0.39, 0.29) is 0 Å². The molecule has 1 N–H and O–H groups in total. The van der Waals surface area contributed by atoms with Crippen LogP contribution in [0, 0.1) is 5.92 Å². The quantitative estimate of drug-likeness (QED) is 0.914. The van der Waals surface area contributed by atoms with E-state index in [0.29, 0.717) is 28.7 Å². The predicted octanol–water partition coefficient (Wildman–Crippen LogP) is 1.80. The highest BCUT2D eigenvalue weighted by Crippen LogP contribution is 2.25. The zero-order valence-electron chi connectivity index (χ0n) is 14.2. The van der Waals surface area contributed by atoms with Crippen molar-refractivity contribution in [3.8, 4) is 0 Å². The van der Waals surface area contributed by atoms with Gasteiger partial charge < -0.3 is 9.47 Å². The summed E-state index contributed by atoms with van der Waals surface area (Å²) in [6.45, 7) is 6.23. The van der Waals surface area contributed by atoms with E-state index in [2.05, 4.69) is 21.8 Å². The molecule has 130 valence electrons. The average molecular weight is 352 g/mol. The topological polar surface area (TPSA) is 75.9 Å². The van der Waals surface area contributed by atoms with Crippen LogP contribution in [0.3, 0.4) is 0 Å². The Hall–Kier alpha value is -2.02. The van der Waals surface area contributed by atoms with Gasteiger partial charge in [-0.2, -0.15) is 4.98 Å². The van der Waals surface area contributed by atoms with E-state index in [1.807, 2.05) is 10.6 Å². The first-order chi connectivity index (χ1) is 11.4. The Kier molecular flexibility index (Phi) is 4.54. The molecule has 8 heteroatoms. The molecule has 2 aromatic heterocycles. The van der Waals surface area contributed by atoms with Crippen LogP contribution in [-0.2, 0) is 13.6 Å². The highest BCUT2D eigenvalue weighted by atomic mass is 35.5. The standard InChI is InChI=1S/C16H22ClN5O2/c1-10-5-4-7-21(9-10)15-18-13-12(22(15)8-6-11(2)17)14(23)19-16(24)20(13)3/h6,10H,4-5,7-9H2,1-3H3,(H,19,23,24)/b11-6-. The first-order valence-corrected chi connectivity index (χ1v) is 8.53. The van der Waals surface area contributed by atoms with Crippen molar-refractivity contribution in [3.63, 3.8) is 0 Å². The van der Waals surface area contributed by atoms with Gasteiger partial charge in [-0.25, -0.2) is 4.79 Å². The van der Waals surface area contributed by atoms with Crippen molar-refractivity contribution in [2.75, 3.05) is 18.0 Å². The van der Waals surface area contributed by atoms with Crippen molar-refractivity contribution in [3.05, 3.63) is 31.9 Å². The number of H-pyrrole nitrogens is 1. The number of aromatic amines is 1. The Morgan fingerprint density at radius 1 is 1.46 bits per heavy atom. The summed E-state index contributed by atoms with van der Waals surface area (Å²) >= 11 is 5.98. The lowest BCUT2D eigenvalue weighted by atomic mass is 10.0. The van der Waals surface area contributed by atoms with E-state index < -0.39 is 11.2 Å². The highest BCUT2D eigenvalue weighted by molar-refractivity contribution is 6.29. The zero-order valence-corrected chi connectivity index (χ0v) is 14.9. The molecule has 0 amide bonds. The van der Waals surface area contributed by atoms with Crippen LogP contribution in [0.15, 0.2) is 20.7 Å². The SMILES string of the molecule is C/C(Cl)=C/Cn1c(N2CCCC(C)C2)nc2c1c(=O)[nH]c(=O)n2C. The van der Waals surface area contributed by atoms with Gasteiger partial charge in [0.05, 0.1) is 0 Å². The Morgan fingerprint density at radius 2 is 2.21 bits per heavy atom. The average Bonchev–Trinajstić information content (AvgIpc) is 2.91. The number of piperidine rings is 1. The molecule has 2 aromatic rings. The van der Waals surface area contributed by atoms with Gasteiger partial charge >= 0.3 is 5.69 Å². The van der Waals surface area contributed by atoms with Crippen LogP contribution < -0.4 is 16.1 Å². The number of imidazole rings is 1. The number of hydrogen-bond acceptors (Lipinski definition) is 4. The van der Waals surface area contributed by atoms with Crippen molar-refractivity contribution in [1.29, 1.82) is 0 Å². The summed E-state index contributed by atoms with van der Waals surface area (Å²) in [4.78, 5) is 33.4. The molecule has 0 bridgehead atoms. The van der Waals surface area contributed by atoms with Crippen LogP contribution in [0.1, 0.15) is 26.7 Å². The van der Waals surface area contributed by atoms with E-state index in [0.717, 1.165) is 25.5 Å². The molecule has 3 rings (SSSR count). The molecule has 7 nitrogen and oxygen atoms in total. The molecule has 24 heavy (non-hydrogen) atoms. The Balaban J connectivity index is 2.23. The van der Waals surface area contributed by atoms with Gasteiger partial charge in [-0.3, -0.25) is 14.3 Å². The number of rotatable bonds is 3. The van der Waals surface area contributed by atoms with Gasteiger partial charge in [-0.05, 0) is 25.7 Å². The molecule has 0 aliphatic carbocycles. The second-order valence-corrected chi connectivity index (χ2v) is 7.09. The molecule has 0 saturated carbocycles. The minimum atomic E-state index is -0.459. The van der Waals surface area contributed by atoms with Crippen LogP contribution in [0.5, 0.6) is 0 Å². The minimum absolute atomic E-state index is 0.401. The number of aromatic nitrogens is 4. The summed E-state index contributed by atoms with van der Waals surface area (Å²) in [7, 11) is 1.61. The summed E-state index contributed by atoms with van der Waals surface area (Å²) in [5.74, 6) is 1.29. The monoisotopic (exact) mass is 351 g/mol. The fourth-order valence-corrected chi connectivity index (χ4v) is 3.29. The fourth-order valence-electron chi connectivity index (χ4n) is 3.23. The highest BCUT2D eigenvalue weighted by Gasteiger charge is 2.24. The van der Waals surface area contributed by atoms with E-state index in [1.54, 1.807) is 14.0 Å². The maximum Gasteiger partial charge on any atom is 0.329 e. The van der Waals surface area contributed by atoms with Gasteiger partial charge in [0, 0.05) is 31.7 Å². The number of hydrogen-bond donors (Lipinski definition) is 1. The summed E-state index contributed by atoms with van der Waals surface area (Å²) in [5, 5.41) is 0.649. The lowest BCUT2D eigenvalue weighted by Gasteiger charge is -2.31. The molecule has 1 atom stereocenters. The molecular weight excluding hydrogens is 330 g/mol. The summed E-state index contributed by atoms with van der Waals surface area (Å²) < 4.78 is 3.22. The molecule has 3 heterocycles. The summed E-state index contributed by atoms with van der Waals surface area (Å²) in [6, 6.07) is 0. The van der Waals surface area contributed by atoms with Gasteiger partial charge in [0.15, 0.2) is 11.2 Å². The zero-order chi connectivity index (χ0) is 17.4. The van der Waals surface area contributed by atoms with Crippen molar-refractivity contribution in [2.24, 2.45) is 13.0 Å². The van der Waals surface area contributed by atoms with E-state index in [9.17, 15) is 9.59 Å². The number of anilines is 1. The van der Waals surface area contributed by atoms with Gasteiger partial charge in [-0.15, -0.1) is 0 Å². The van der Waals surface area contributed by atoms with Crippen LogP contribution in [0.4, 0.5) is 5.95 Å². The molecule has 1 fully saturated rings. The van der Waals surface area contributed by atoms with Crippen LogP contribution in [0.2, 0.25) is 0 Å². The summed E-state index contributed by atoms with van der Waals surface area (Å²) in [5.41, 5.74) is -0.0746. The number of nitrogens with zero attached hydrogens (tertiary/aromatic N) is 4. The normalized spacial score (nSPS) is 19.2. The van der Waals surface area contributed by atoms with E-state index >= 15 is 0 Å². The maximum absolute atomic E-state index is 12.4. The number of halogens is 1. The molecular formula is C16H22ClN5O2.